The van der Waals surface area contributed by atoms with Crippen LogP contribution in [0.2, 0.25) is 0 Å². The molecule has 0 aliphatic heterocycles. The molecule has 0 aliphatic carbocycles. The third kappa shape index (κ3) is 1.85. The van der Waals surface area contributed by atoms with Crippen molar-refractivity contribution >= 4 is 10.9 Å². The van der Waals surface area contributed by atoms with Crippen molar-refractivity contribution < 1.29 is 4.74 Å². The van der Waals surface area contributed by atoms with E-state index in [1.165, 1.54) is 0 Å². The van der Waals surface area contributed by atoms with Crippen molar-refractivity contribution in [1.29, 1.82) is 0 Å². The average Bonchev–Trinajstić information content (AvgIpc) is 2.61. The van der Waals surface area contributed by atoms with Crippen LogP contribution in [0.5, 0.6) is 5.75 Å². The highest BCUT2D eigenvalue weighted by atomic mass is 16.5. The number of aromatic nitrogens is 2. The van der Waals surface area contributed by atoms with E-state index in [4.69, 9.17) is 10.5 Å². The molecule has 0 amide bonds. The standard InChI is InChI=1S/C10H13N3O/c1-7(11)6-14-9-2-3-10-8(4-9)5-12-13-10/h2-5,7H,6,11H2,1H3,(H,12,13). The van der Waals surface area contributed by atoms with Crippen molar-refractivity contribution in [1.82, 2.24) is 10.2 Å². The maximum Gasteiger partial charge on any atom is 0.120 e. The SMILES string of the molecule is CC(N)COc1ccc2[nH]ncc2c1. The lowest BCUT2D eigenvalue weighted by molar-refractivity contribution is 0.296. The monoisotopic (exact) mass is 191 g/mol. The highest BCUT2D eigenvalue weighted by Gasteiger charge is 2.00. The molecule has 14 heavy (non-hydrogen) atoms. The zero-order valence-electron chi connectivity index (χ0n) is 8.03. The second-order valence-electron chi connectivity index (χ2n) is 3.41. The van der Waals surface area contributed by atoms with Gasteiger partial charge in [0.15, 0.2) is 0 Å². The Hall–Kier alpha value is -1.55. The molecule has 2 rings (SSSR count). The minimum absolute atomic E-state index is 0.0510. The fourth-order valence-electron chi connectivity index (χ4n) is 1.24. The molecular weight excluding hydrogens is 178 g/mol. The molecule has 0 fully saturated rings. The Balaban J connectivity index is 2.17. The molecule has 0 bridgehead atoms. The third-order valence-corrected chi connectivity index (χ3v) is 1.92. The van der Waals surface area contributed by atoms with Gasteiger partial charge in [-0.15, -0.1) is 0 Å². The first kappa shape index (κ1) is 9.02. The minimum Gasteiger partial charge on any atom is -0.492 e. The summed E-state index contributed by atoms with van der Waals surface area (Å²) in [4.78, 5) is 0. The van der Waals surface area contributed by atoms with Gasteiger partial charge in [-0.25, -0.2) is 0 Å². The van der Waals surface area contributed by atoms with Crippen LogP contribution in [0.15, 0.2) is 24.4 Å². The lowest BCUT2D eigenvalue weighted by Crippen LogP contribution is -2.23. The van der Waals surface area contributed by atoms with E-state index in [2.05, 4.69) is 10.2 Å². The molecule has 0 saturated carbocycles. The summed E-state index contributed by atoms with van der Waals surface area (Å²) in [5.41, 5.74) is 6.60. The molecule has 2 aromatic rings. The van der Waals surface area contributed by atoms with Crippen LogP contribution < -0.4 is 10.5 Å². The molecule has 1 aromatic heterocycles. The quantitative estimate of drug-likeness (QED) is 0.768. The van der Waals surface area contributed by atoms with Crippen molar-refractivity contribution in [2.45, 2.75) is 13.0 Å². The summed E-state index contributed by atoms with van der Waals surface area (Å²) in [6, 6.07) is 5.85. The lowest BCUT2D eigenvalue weighted by Gasteiger charge is -2.08. The number of aromatic amines is 1. The predicted octanol–water partition coefficient (Wildman–Crippen LogP) is 1.29. The van der Waals surface area contributed by atoms with Gasteiger partial charge in [0, 0.05) is 11.4 Å². The highest BCUT2D eigenvalue weighted by Crippen LogP contribution is 2.18. The fraction of sp³-hybridized carbons (Fsp3) is 0.300. The van der Waals surface area contributed by atoms with Crippen molar-refractivity contribution in [3.05, 3.63) is 24.4 Å². The Morgan fingerprint density at radius 1 is 1.57 bits per heavy atom. The summed E-state index contributed by atoms with van der Waals surface area (Å²) in [5, 5.41) is 7.86. The molecule has 4 heteroatoms. The number of benzene rings is 1. The number of hydrogen-bond acceptors (Lipinski definition) is 3. The van der Waals surface area contributed by atoms with Crippen LogP contribution in [-0.4, -0.2) is 22.8 Å². The molecule has 1 heterocycles. The number of nitrogens with one attached hydrogen (secondary N) is 1. The first-order valence-electron chi connectivity index (χ1n) is 4.57. The first-order valence-corrected chi connectivity index (χ1v) is 4.57. The second-order valence-corrected chi connectivity index (χ2v) is 3.41. The van der Waals surface area contributed by atoms with E-state index in [9.17, 15) is 0 Å². The Morgan fingerprint density at radius 3 is 3.21 bits per heavy atom. The van der Waals surface area contributed by atoms with Gasteiger partial charge >= 0.3 is 0 Å². The first-order chi connectivity index (χ1) is 6.75. The van der Waals surface area contributed by atoms with Crippen LogP contribution in [0.1, 0.15) is 6.92 Å². The van der Waals surface area contributed by atoms with Crippen LogP contribution >= 0.6 is 0 Å². The Bertz CT molecular complexity index is 422. The molecule has 74 valence electrons. The molecule has 1 atom stereocenters. The largest absolute Gasteiger partial charge is 0.492 e. The van der Waals surface area contributed by atoms with E-state index >= 15 is 0 Å². The van der Waals surface area contributed by atoms with Crippen molar-refractivity contribution in [2.24, 2.45) is 5.73 Å². The zero-order valence-corrected chi connectivity index (χ0v) is 8.03. The summed E-state index contributed by atoms with van der Waals surface area (Å²) >= 11 is 0. The number of rotatable bonds is 3. The van der Waals surface area contributed by atoms with E-state index in [0.29, 0.717) is 6.61 Å². The van der Waals surface area contributed by atoms with Crippen molar-refractivity contribution in [3.63, 3.8) is 0 Å². The smallest absolute Gasteiger partial charge is 0.120 e. The van der Waals surface area contributed by atoms with Crippen LogP contribution in [0.3, 0.4) is 0 Å². The molecular formula is C10H13N3O. The van der Waals surface area contributed by atoms with Gasteiger partial charge in [0.2, 0.25) is 0 Å². The summed E-state index contributed by atoms with van der Waals surface area (Å²) in [7, 11) is 0. The molecule has 0 radical (unpaired) electrons. The van der Waals surface area contributed by atoms with Crippen molar-refractivity contribution in [2.75, 3.05) is 6.61 Å². The van der Waals surface area contributed by atoms with Crippen molar-refractivity contribution in [3.8, 4) is 5.75 Å². The second kappa shape index (κ2) is 3.67. The Morgan fingerprint density at radius 2 is 2.43 bits per heavy atom. The fourth-order valence-corrected chi connectivity index (χ4v) is 1.24. The van der Waals surface area contributed by atoms with Gasteiger partial charge in [0.25, 0.3) is 0 Å². The number of H-pyrrole nitrogens is 1. The third-order valence-electron chi connectivity index (χ3n) is 1.92. The lowest BCUT2D eigenvalue weighted by atomic mass is 10.2. The van der Waals surface area contributed by atoms with Crippen LogP contribution in [0, 0.1) is 0 Å². The van der Waals surface area contributed by atoms with E-state index in [0.717, 1.165) is 16.7 Å². The summed E-state index contributed by atoms with van der Waals surface area (Å²) < 4.78 is 5.48. The number of hydrogen-bond donors (Lipinski definition) is 2. The number of nitrogens with zero attached hydrogens (tertiary/aromatic N) is 1. The van der Waals surface area contributed by atoms with E-state index < -0.39 is 0 Å². The van der Waals surface area contributed by atoms with E-state index in [-0.39, 0.29) is 6.04 Å². The van der Waals surface area contributed by atoms with E-state index in [1.807, 2.05) is 25.1 Å². The minimum atomic E-state index is 0.0510. The van der Waals surface area contributed by atoms with Gasteiger partial charge in [-0.2, -0.15) is 5.10 Å². The Labute approximate surface area is 82.1 Å². The molecule has 0 aliphatic rings. The van der Waals surface area contributed by atoms with Gasteiger partial charge in [-0.3, -0.25) is 5.10 Å². The maximum atomic E-state index is 5.59. The van der Waals surface area contributed by atoms with Gasteiger partial charge in [-0.05, 0) is 25.1 Å². The number of fused-ring (bicyclic) bond motifs is 1. The van der Waals surface area contributed by atoms with Gasteiger partial charge in [-0.1, -0.05) is 0 Å². The zero-order chi connectivity index (χ0) is 9.97. The summed E-state index contributed by atoms with van der Waals surface area (Å²) in [6.45, 7) is 2.44. The number of ether oxygens (including phenoxy) is 1. The normalized spacial score (nSPS) is 13.0. The molecule has 1 aromatic carbocycles. The van der Waals surface area contributed by atoms with E-state index in [1.54, 1.807) is 6.20 Å². The Kier molecular flexibility index (Phi) is 2.37. The molecule has 3 N–H and O–H groups in total. The maximum absolute atomic E-state index is 5.59. The molecule has 1 unspecified atom stereocenters. The molecule has 0 saturated heterocycles. The average molecular weight is 191 g/mol. The van der Waals surface area contributed by atoms with Gasteiger partial charge in [0.05, 0.1) is 11.7 Å². The number of nitrogens with two attached hydrogens (primary N) is 1. The molecule has 0 spiro atoms. The van der Waals surface area contributed by atoms with Crippen LogP contribution in [-0.2, 0) is 0 Å². The summed E-state index contributed by atoms with van der Waals surface area (Å²) in [6.07, 6.45) is 1.77. The van der Waals surface area contributed by atoms with Gasteiger partial charge < -0.3 is 10.5 Å². The highest BCUT2D eigenvalue weighted by molar-refractivity contribution is 5.79. The summed E-state index contributed by atoms with van der Waals surface area (Å²) in [5.74, 6) is 0.830. The van der Waals surface area contributed by atoms with Crippen LogP contribution in [0.25, 0.3) is 10.9 Å². The topological polar surface area (TPSA) is 63.9 Å². The van der Waals surface area contributed by atoms with Crippen LogP contribution in [0.4, 0.5) is 0 Å². The molecule has 4 nitrogen and oxygen atoms in total. The predicted molar refractivity (Wildman–Crippen MR) is 55.2 cm³/mol. The van der Waals surface area contributed by atoms with Gasteiger partial charge in [0.1, 0.15) is 12.4 Å².